The van der Waals surface area contributed by atoms with E-state index in [-0.39, 0.29) is 45.5 Å². The molecule has 2 aromatic heterocycles. The molecule has 17 heavy (non-hydrogen) atoms. The Bertz CT molecular complexity index is 410. The molecule has 0 fully saturated rings. The van der Waals surface area contributed by atoms with Gasteiger partial charge in [-0.05, 0) is 10.4 Å². The Morgan fingerprint density at radius 1 is 0.882 bits per heavy atom. The van der Waals surface area contributed by atoms with E-state index in [1.807, 2.05) is 10.4 Å². The molecule has 2 aromatic rings. The van der Waals surface area contributed by atoms with Crippen molar-refractivity contribution in [2.45, 2.75) is 0 Å². The minimum atomic E-state index is -1.43. The van der Waals surface area contributed by atoms with Gasteiger partial charge in [-0.1, -0.05) is 0 Å². The first kappa shape index (κ1) is 15.6. The summed E-state index contributed by atoms with van der Waals surface area (Å²) < 4.78 is 0. The molecule has 0 aliphatic heterocycles. The summed E-state index contributed by atoms with van der Waals surface area (Å²) in [7, 11) is 0. The number of hydrogen-bond acceptors (Lipinski definition) is 10. The number of carboxylic acid groups (broad SMARTS) is 2. The molecule has 0 bridgehead atoms. The van der Waals surface area contributed by atoms with Crippen LogP contribution in [0.3, 0.4) is 0 Å². The Balaban J connectivity index is 0.000000284. The van der Waals surface area contributed by atoms with Crippen LogP contribution in [0.2, 0.25) is 0 Å². The van der Waals surface area contributed by atoms with E-state index in [4.69, 9.17) is 0 Å². The van der Waals surface area contributed by atoms with Gasteiger partial charge in [0.2, 0.25) is 11.6 Å². The van der Waals surface area contributed by atoms with Crippen LogP contribution in [0.15, 0.2) is 0 Å². The van der Waals surface area contributed by atoms with Crippen molar-refractivity contribution in [2.24, 2.45) is 0 Å². The standard InChI is InChI=1S/2C2H2N4O2.Sr/c2*7-2(8)1-3-5-6-4-1;/h2*(H,7,8)(H,3,4,5,6);/q;;+2/p-2. The molecule has 2 heterocycles. The first-order valence-electron chi connectivity index (χ1n) is 3.51. The zero-order chi connectivity index (χ0) is 12.0. The van der Waals surface area contributed by atoms with Gasteiger partial charge in [0.25, 0.3) is 0 Å². The van der Waals surface area contributed by atoms with Gasteiger partial charge in [0.05, 0.1) is 0 Å². The van der Waals surface area contributed by atoms with Crippen LogP contribution >= 0.6 is 0 Å². The number of hydrogen-bond donors (Lipinski definition) is 2. The van der Waals surface area contributed by atoms with Crippen molar-refractivity contribution in [1.29, 1.82) is 0 Å². The van der Waals surface area contributed by atoms with E-state index in [1.54, 1.807) is 0 Å². The monoisotopic (exact) mass is 314 g/mol. The fourth-order valence-corrected chi connectivity index (χ4v) is 0.497. The van der Waals surface area contributed by atoms with E-state index in [0.717, 1.165) is 0 Å². The minimum Gasteiger partial charge on any atom is -0.541 e. The number of aromatic carboxylic acids is 2. The average Bonchev–Trinajstić information content (AvgIpc) is 2.93. The fourth-order valence-electron chi connectivity index (χ4n) is 0.497. The van der Waals surface area contributed by atoms with Gasteiger partial charge >= 0.3 is 45.5 Å². The molecule has 0 aromatic carbocycles. The predicted molar refractivity (Wildman–Crippen MR) is 42.8 cm³/mol. The van der Waals surface area contributed by atoms with Crippen molar-refractivity contribution in [3.05, 3.63) is 11.6 Å². The summed E-state index contributed by atoms with van der Waals surface area (Å²) in [5.41, 5.74) is 0. The van der Waals surface area contributed by atoms with Crippen LogP contribution in [0.5, 0.6) is 0 Å². The number of carbonyl (C=O) groups is 2. The van der Waals surface area contributed by atoms with E-state index >= 15 is 0 Å². The van der Waals surface area contributed by atoms with Crippen LogP contribution in [0.4, 0.5) is 0 Å². The van der Waals surface area contributed by atoms with Crippen molar-refractivity contribution in [3.8, 4) is 0 Å². The summed E-state index contributed by atoms with van der Waals surface area (Å²) in [5, 5.41) is 41.9. The van der Waals surface area contributed by atoms with E-state index in [1.165, 1.54) is 0 Å². The van der Waals surface area contributed by atoms with Crippen molar-refractivity contribution in [1.82, 2.24) is 41.2 Å². The van der Waals surface area contributed by atoms with Gasteiger partial charge < -0.3 is 19.8 Å². The smallest absolute Gasteiger partial charge is 0.541 e. The number of aromatic amines is 2. The van der Waals surface area contributed by atoms with Gasteiger partial charge in [-0.3, -0.25) is 0 Å². The van der Waals surface area contributed by atoms with Crippen LogP contribution in [0, 0.1) is 0 Å². The SMILES string of the molecule is O=C([O-])c1nn[nH]n1.O=C([O-])c1nn[nH]n1.[Sr+2]. The van der Waals surface area contributed by atoms with Crippen LogP contribution in [-0.4, -0.2) is 98.7 Å². The summed E-state index contributed by atoms with van der Waals surface area (Å²) >= 11 is 0. The zero-order valence-corrected chi connectivity index (χ0v) is 11.5. The van der Waals surface area contributed by atoms with Gasteiger partial charge in [-0.15, -0.1) is 20.4 Å². The molecule has 0 amide bonds. The molecule has 0 saturated carbocycles. The zero-order valence-electron chi connectivity index (χ0n) is 8.02. The second-order valence-corrected chi connectivity index (χ2v) is 2.05. The number of nitrogens with one attached hydrogen (secondary N) is 2. The molecule has 0 spiro atoms. The molecule has 0 unspecified atom stereocenters. The van der Waals surface area contributed by atoms with E-state index in [9.17, 15) is 19.8 Å². The second-order valence-electron chi connectivity index (χ2n) is 2.05. The quantitative estimate of drug-likeness (QED) is 0.506. The molecule has 0 saturated heterocycles. The van der Waals surface area contributed by atoms with Gasteiger partial charge in [-0.25, -0.2) is 0 Å². The molecule has 0 radical (unpaired) electrons. The number of nitrogens with zero attached hydrogens (tertiary/aromatic N) is 6. The number of H-pyrrole nitrogens is 2. The van der Waals surface area contributed by atoms with Crippen LogP contribution in [0.1, 0.15) is 21.2 Å². The molecular weight excluding hydrogens is 312 g/mol. The Morgan fingerprint density at radius 2 is 1.24 bits per heavy atom. The van der Waals surface area contributed by atoms with E-state index in [2.05, 4.69) is 30.8 Å². The molecular formula is C4H2N8O4Sr. The third-order valence-corrected chi connectivity index (χ3v) is 1.06. The summed E-state index contributed by atoms with van der Waals surface area (Å²) in [6.45, 7) is 0. The summed E-state index contributed by atoms with van der Waals surface area (Å²) in [5.74, 6) is -3.72. The second kappa shape index (κ2) is 7.77. The number of tetrazole rings is 2. The minimum absolute atomic E-state index is 0. The van der Waals surface area contributed by atoms with Gasteiger partial charge in [0.15, 0.2) is 0 Å². The molecule has 12 nitrogen and oxygen atoms in total. The van der Waals surface area contributed by atoms with Crippen LogP contribution < -0.4 is 10.2 Å². The largest absolute Gasteiger partial charge is 2.00 e. The molecule has 2 N–H and O–H groups in total. The Kier molecular flexibility index (Phi) is 7.11. The molecule has 0 aliphatic carbocycles. The van der Waals surface area contributed by atoms with Crippen molar-refractivity contribution in [2.75, 3.05) is 0 Å². The van der Waals surface area contributed by atoms with Gasteiger partial charge in [0, 0.05) is 0 Å². The van der Waals surface area contributed by atoms with Gasteiger partial charge in [-0.2, -0.15) is 10.4 Å². The van der Waals surface area contributed by atoms with Crippen molar-refractivity contribution >= 4 is 57.4 Å². The molecule has 2 rings (SSSR count). The third-order valence-electron chi connectivity index (χ3n) is 1.06. The maximum absolute atomic E-state index is 9.77. The van der Waals surface area contributed by atoms with E-state index < -0.39 is 23.6 Å². The average molecular weight is 314 g/mol. The summed E-state index contributed by atoms with van der Waals surface area (Å²) in [4.78, 5) is 19.5. The summed E-state index contributed by atoms with van der Waals surface area (Å²) in [6, 6.07) is 0. The maximum atomic E-state index is 9.77. The Labute approximate surface area is 129 Å². The first-order valence-corrected chi connectivity index (χ1v) is 3.51. The topological polar surface area (TPSA) is 189 Å². The van der Waals surface area contributed by atoms with Crippen LogP contribution in [0.25, 0.3) is 0 Å². The maximum Gasteiger partial charge on any atom is 2.00 e. The molecule has 84 valence electrons. The number of carbonyl (C=O) groups excluding carboxylic acids is 2. The number of carboxylic acids is 2. The summed E-state index contributed by atoms with van der Waals surface area (Å²) in [6.07, 6.45) is 0. The van der Waals surface area contributed by atoms with E-state index in [0.29, 0.717) is 0 Å². The normalized spacial score (nSPS) is 8.47. The number of rotatable bonds is 2. The van der Waals surface area contributed by atoms with Crippen LogP contribution in [-0.2, 0) is 0 Å². The Morgan fingerprint density at radius 3 is 1.35 bits per heavy atom. The number of aromatic nitrogens is 8. The van der Waals surface area contributed by atoms with Crippen molar-refractivity contribution in [3.63, 3.8) is 0 Å². The molecule has 0 aliphatic rings. The molecule has 0 atom stereocenters. The molecule has 13 heteroatoms. The Hall–Kier alpha value is -1.44. The van der Waals surface area contributed by atoms with Gasteiger partial charge in [0.1, 0.15) is 11.9 Å². The third kappa shape index (κ3) is 5.43. The predicted octanol–water partition coefficient (Wildman–Crippen LogP) is -5.25. The van der Waals surface area contributed by atoms with Crippen molar-refractivity contribution < 1.29 is 19.8 Å². The fraction of sp³-hybridized carbons (Fsp3) is 0. The first-order chi connectivity index (χ1) is 7.61.